The molecule has 0 saturated heterocycles. The van der Waals surface area contributed by atoms with E-state index < -0.39 is 94.2 Å². The Kier molecular flexibility index (Phi) is 6.57. The van der Waals surface area contributed by atoms with Gasteiger partial charge in [0, 0.05) is 13.1 Å². The predicted molar refractivity (Wildman–Crippen MR) is 77.1 cm³/mol. The molecule has 2 N–H and O–H groups in total. The van der Waals surface area contributed by atoms with Gasteiger partial charge in [-0.05, 0) is 0 Å². The van der Waals surface area contributed by atoms with Gasteiger partial charge < -0.3 is 10.6 Å². The average molecular weight is 448 g/mol. The molecule has 0 aliphatic carbocycles. The van der Waals surface area contributed by atoms with Crippen LogP contribution < -0.4 is 10.6 Å². The molecular formula is C16H6F10N2O2. The fraction of sp³-hybridized carbons (Fsp3) is 0.125. The van der Waals surface area contributed by atoms with E-state index in [1.54, 1.807) is 10.6 Å². The molecule has 0 aromatic heterocycles. The van der Waals surface area contributed by atoms with Crippen molar-refractivity contribution in [1.82, 2.24) is 10.6 Å². The van der Waals surface area contributed by atoms with Crippen LogP contribution in [0.2, 0.25) is 0 Å². The first kappa shape index (κ1) is 23.0. The standard InChI is InChI=1S/C16H6F10N2O2/c17-5-3(6(18)10(22)13(25)9(5)21)15(29)27-1-2-28-16(30)4-7(19)11(23)14(26)12(24)8(4)20/h1-2H2,(H,27,29)(H,28,30). The lowest BCUT2D eigenvalue weighted by Gasteiger charge is -2.11. The van der Waals surface area contributed by atoms with E-state index in [4.69, 9.17) is 0 Å². The van der Waals surface area contributed by atoms with Crippen molar-refractivity contribution in [1.29, 1.82) is 0 Å². The molecule has 2 rings (SSSR count). The van der Waals surface area contributed by atoms with Crippen molar-refractivity contribution in [2.24, 2.45) is 0 Å². The van der Waals surface area contributed by atoms with E-state index in [2.05, 4.69) is 0 Å². The van der Waals surface area contributed by atoms with Gasteiger partial charge in [-0.25, -0.2) is 43.9 Å². The van der Waals surface area contributed by atoms with Crippen LogP contribution in [-0.4, -0.2) is 24.9 Å². The summed E-state index contributed by atoms with van der Waals surface area (Å²) in [7, 11) is 0. The van der Waals surface area contributed by atoms with Gasteiger partial charge in [-0.1, -0.05) is 0 Å². The Morgan fingerprint density at radius 1 is 0.433 bits per heavy atom. The third-order valence-electron chi connectivity index (χ3n) is 3.57. The van der Waals surface area contributed by atoms with Crippen LogP contribution in [-0.2, 0) is 0 Å². The Labute approximate surface area is 159 Å². The Bertz CT molecular complexity index is 916. The van der Waals surface area contributed by atoms with Gasteiger partial charge in [0.2, 0.25) is 11.6 Å². The fourth-order valence-corrected chi connectivity index (χ4v) is 2.14. The van der Waals surface area contributed by atoms with E-state index in [9.17, 15) is 53.5 Å². The molecule has 0 fully saturated rings. The quantitative estimate of drug-likeness (QED) is 0.320. The van der Waals surface area contributed by atoms with Crippen molar-refractivity contribution in [2.75, 3.05) is 13.1 Å². The fourth-order valence-electron chi connectivity index (χ4n) is 2.14. The summed E-state index contributed by atoms with van der Waals surface area (Å²) in [6.07, 6.45) is 0. The molecule has 0 saturated carbocycles. The van der Waals surface area contributed by atoms with Gasteiger partial charge in [0.25, 0.3) is 11.8 Å². The highest BCUT2D eigenvalue weighted by atomic mass is 19.2. The smallest absolute Gasteiger partial charge is 0.257 e. The van der Waals surface area contributed by atoms with Crippen LogP contribution in [0.25, 0.3) is 0 Å². The molecule has 0 aliphatic heterocycles. The maximum atomic E-state index is 13.5. The van der Waals surface area contributed by atoms with Crippen molar-refractivity contribution in [3.8, 4) is 0 Å². The minimum absolute atomic E-state index is 0.792. The molecule has 0 atom stereocenters. The second kappa shape index (κ2) is 8.59. The van der Waals surface area contributed by atoms with Crippen LogP contribution in [0.3, 0.4) is 0 Å². The van der Waals surface area contributed by atoms with Crippen LogP contribution >= 0.6 is 0 Å². The average Bonchev–Trinajstić information content (AvgIpc) is 2.71. The second-order valence-corrected chi connectivity index (χ2v) is 5.40. The van der Waals surface area contributed by atoms with Crippen molar-refractivity contribution < 1.29 is 53.5 Å². The monoisotopic (exact) mass is 448 g/mol. The normalized spacial score (nSPS) is 10.9. The summed E-state index contributed by atoms with van der Waals surface area (Å²) < 4.78 is 132. The Balaban J connectivity index is 2.08. The number of hydrogen-bond donors (Lipinski definition) is 2. The van der Waals surface area contributed by atoms with Gasteiger partial charge in [-0.2, -0.15) is 0 Å². The van der Waals surface area contributed by atoms with Gasteiger partial charge in [-0.15, -0.1) is 0 Å². The maximum absolute atomic E-state index is 13.5. The summed E-state index contributed by atoms with van der Waals surface area (Å²) in [5.41, 5.74) is -3.67. The third-order valence-corrected chi connectivity index (χ3v) is 3.57. The zero-order valence-corrected chi connectivity index (χ0v) is 14.0. The van der Waals surface area contributed by atoms with Crippen LogP contribution in [0, 0.1) is 58.2 Å². The molecule has 2 amide bonds. The highest BCUT2D eigenvalue weighted by Crippen LogP contribution is 2.24. The van der Waals surface area contributed by atoms with Crippen molar-refractivity contribution in [3.05, 3.63) is 69.3 Å². The first-order chi connectivity index (χ1) is 13.9. The summed E-state index contributed by atoms with van der Waals surface area (Å²) in [5, 5.41) is 3.27. The first-order valence-electron chi connectivity index (χ1n) is 7.51. The van der Waals surface area contributed by atoms with E-state index in [0.29, 0.717) is 0 Å². The van der Waals surface area contributed by atoms with Gasteiger partial charge in [0.1, 0.15) is 11.1 Å². The van der Waals surface area contributed by atoms with Crippen molar-refractivity contribution in [2.45, 2.75) is 0 Å². The molecule has 0 unspecified atom stereocenters. The Hall–Kier alpha value is -3.32. The maximum Gasteiger partial charge on any atom is 0.257 e. The molecule has 162 valence electrons. The number of carbonyl (C=O) groups is 2. The third kappa shape index (κ3) is 3.89. The molecule has 30 heavy (non-hydrogen) atoms. The SMILES string of the molecule is O=C(NCCNC(=O)c1c(F)c(F)c(F)c(F)c1F)c1c(F)c(F)c(F)c(F)c1F. The molecular weight excluding hydrogens is 442 g/mol. The van der Waals surface area contributed by atoms with Crippen molar-refractivity contribution >= 4 is 11.8 Å². The van der Waals surface area contributed by atoms with Crippen LogP contribution in [0.1, 0.15) is 20.7 Å². The zero-order chi connectivity index (χ0) is 22.9. The summed E-state index contributed by atoms with van der Waals surface area (Å²) in [6.45, 7) is -1.58. The highest BCUT2D eigenvalue weighted by Gasteiger charge is 2.31. The molecule has 0 radical (unpaired) electrons. The van der Waals surface area contributed by atoms with Gasteiger partial charge in [-0.3, -0.25) is 9.59 Å². The molecule has 4 nitrogen and oxygen atoms in total. The number of nitrogens with one attached hydrogen (secondary N) is 2. The zero-order valence-electron chi connectivity index (χ0n) is 14.0. The molecule has 0 spiro atoms. The number of benzene rings is 2. The van der Waals surface area contributed by atoms with E-state index >= 15 is 0 Å². The number of hydrogen-bond acceptors (Lipinski definition) is 2. The number of rotatable bonds is 5. The Morgan fingerprint density at radius 2 is 0.633 bits per heavy atom. The summed E-state index contributed by atoms with van der Waals surface area (Å²) in [4.78, 5) is 23.3. The minimum Gasteiger partial charge on any atom is -0.350 e. The Morgan fingerprint density at radius 3 is 0.867 bits per heavy atom. The molecule has 14 heteroatoms. The molecule has 0 aliphatic rings. The van der Waals surface area contributed by atoms with Gasteiger partial charge in [0.15, 0.2) is 46.5 Å². The molecule has 2 aromatic carbocycles. The summed E-state index contributed by atoms with van der Waals surface area (Å²) in [6, 6.07) is 0. The van der Waals surface area contributed by atoms with Gasteiger partial charge in [0.05, 0.1) is 0 Å². The van der Waals surface area contributed by atoms with Crippen LogP contribution in [0.4, 0.5) is 43.9 Å². The predicted octanol–water partition coefficient (Wildman–Crippen LogP) is 3.24. The van der Waals surface area contributed by atoms with Gasteiger partial charge >= 0.3 is 0 Å². The lowest BCUT2D eigenvalue weighted by atomic mass is 10.1. The van der Waals surface area contributed by atoms with Crippen LogP contribution in [0.5, 0.6) is 0 Å². The van der Waals surface area contributed by atoms with E-state index in [1.807, 2.05) is 0 Å². The molecule has 2 aromatic rings. The second-order valence-electron chi connectivity index (χ2n) is 5.40. The lowest BCUT2D eigenvalue weighted by molar-refractivity contribution is 0.0915. The molecule has 0 heterocycles. The lowest BCUT2D eigenvalue weighted by Crippen LogP contribution is -2.36. The van der Waals surface area contributed by atoms with E-state index in [1.165, 1.54) is 0 Å². The van der Waals surface area contributed by atoms with Crippen LogP contribution in [0.15, 0.2) is 0 Å². The van der Waals surface area contributed by atoms with E-state index in [0.717, 1.165) is 0 Å². The largest absolute Gasteiger partial charge is 0.350 e. The highest BCUT2D eigenvalue weighted by molar-refractivity contribution is 5.96. The molecule has 0 bridgehead atoms. The minimum atomic E-state index is -2.50. The topological polar surface area (TPSA) is 58.2 Å². The number of carbonyl (C=O) groups excluding carboxylic acids is 2. The summed E-state index contributed by atoms with van der Waals surface area (Å²) >= 11 is 0. The first-order valence-corrected chi connectivity index (χ1v) is 7.51. The van der Waals surface area contributed by atoms with Crippen molar-refractivity contribution in [3.63, 3.8) is 0 Å². The number of halogens is 10. The summed E-state index contributed by atoms with van der Waals surface area (Å²) in [5.74, 6) is -27.9. The van der Waals surface area contributed by atoms with E-state index in [-0.39, 0.29) is 0 Å². The number of amides is 2.